The van der Waals surface area contributed by atoms with Crippen LogP contribution in [0.4, 0.5) is 13.2 Å². The molecule has 0 bridgehead atoms. The third-order valence-corrected chi connectivity index (χ3v) is 1.67. The fourth-order valence-electron chi connectivity index (χ4n) is 0.956. The Hall–Kier alpha value is -1.85. The van der Waals surface area contributed by atoms with Crippen molar-refractivity contribution in [1.82, 2.24) is 5.43 Å². The molecule has 0 aliphatic carbocycles. The Morgan fingerprint density at radius 1 is 1.31 bits per heavy atom. The van der Waals surface area contributed by atoms with Gasteiger partial charge in [0.1, 0.15) is 0 Å². The maximum Gasteiger partial charge on any atom is 0.416 e. The van der Waals surface area contributed by atoms with Crippen LogP contribution in [0.25, 0.3) is 0 Å². The molecule has 86 valence electrons. The van der Waals surface area contributed by atoms with E-state index in [2.05, 4.69) is 10.5 Å². The van der Waals surface area contributed by atoms with Gasteiger partial charge in [-0.05, 0) is 17.7 Å². The van der Waals surface area contributed by atoms with Crippen LogP contribution in [-0.2, 0) is 11.0 Å². The molecule has 0 aliphatic heterocycles. The topological polar surface area (TPSA) is 41.5 Å². The molecular formula is C10H9F3N2O. The lowest BCUT2D eigenvalue weighted by Gasteiger charge is -2.05. The van der Waals surface area contributed by atoms with Crippen LogP contribution in [-0.4, -0.2) is 12.1 Å². The summed E-state index contributed by atoms with van der Waals surface area (Å²) in [5.74, 6) is -0.344. The molecule has 0 radical (unpaired) electrons. The number of carbonyl (C=O) groups is 1. The lowest BCUT2D eigenvalue weighted by atomic mass is 10.1. The molecule has 1 aromatic rings. The molecule has 6 heteroatoms. The summed E-state index contributed by atoms with van der Waals surface area (Å²) in [5, 5.41) is 3.53. The van der Waals surface area contributed by atoms with Crippen molar-refractivity contribution in [1.29, 1.82) is 0 Å². The highest BCUT2D eigenvalue weighted by atomic mass is 19.4. The van der Waals surface area contributed by atoms with E-state index in [0.717, 1.165) is 12.1 Å². The van der Waals surface area contributed by atoms with E-state index >= 15 is 0 Å². The van der Waals surface area contributed by atoms with Crippen LogP contribution < -0.4 is 5.43 Å². The van der Waals surface area contributed by atoms with Crippen molar-refractivity contribution in [3.05, 3.63) is 35.4 Å². The zero-order valence-corrected chi connectivity index (χ0v) is 8.38. The molecule has 0 saturated carbocycles. The summed E-state index contributed by atoms with van der Waals surface area (Å²) in [6, 6.07) is 4.45. The van der Waals surface area contributed by atoms with Crippen molar-refractivity contribution >= 4 is 12.1 Å². The summed E-state index contributed by atoms with van der Waals surface area (Å²) in [7, 11) is 0. The highest BCUT2D eigenvalue weighted by Crippen LogP contribution is 2.28. The number of alkyl halides is 3. The van der Waals surface area contributed by atoms with Gasteiger partial charge in [0.15, 0.2) is 0 Å². The summed E-state index contributed by atoms with van der Waals surface area (Å²) in [6.45, 7) is 1.28. The fourth-order valence-corrected chi connectivity index (χ4v) is 0.956. The van der Waals surface area contributed by atoms with Crippen LogP contribution >= 0.6 is 0 Å². The van der Waals surface area contributed by atoms with Gasteiger partial charge in [-0.25, -0.2) is 5.43 Å². The molecular weight excluding hydrogens is 221 g/mol. The quantitative estimate of drug-likeness (QED) is 0.614. The smallest absolute Gasteiger partial charge is 0.274 e. The van der Waals surface area contributed by atoms with Crippen molar-refractivity contribution in [3.63, 3.8) is 0 Å². The van der Waals surface area contributed by atoms with Crippen LogP contribution in [0.15, 0.2) is 29.4 Å². The van der Waals surface area contributed by atoms with Crippen molar-refractivity contribution in [3.8, 4) is 0 Å². The number of hydrogen-bond donors (Lipinski definition) is 1. The molecule has 0 aliphatic rings. The van der Waals surface area contributed by atoms with Crippen LogP contribution in [0.2, 0.25) is 0 Å². The Labute approximate surface area is 90.0 Å². The second-order valence-electron chi connectivity index (χ2n) is 3.05. The fraction of sp³-hybridized carbons (Fsp3) is 0.200. The van der Waals surface area contributed by atoms with Crippen molar-refractivity contribution in [2.75, 3.05) is 0 Å². The first-order valence-electron chi connectivity index (χ1n) is 4.36. The van der Waals surface area contributed by atoms with Crippen molar-refractivity contribution in [2.45, 2.75) is 13.1 Å². The Morgan fingerprint density at radius 3 is 2.31 bits per heavy atom. The Balaban J connectivity index is 2.72. The van der Waals surface area contributed by atoms with E-state index in [4.69, 9.17) is 0 Å². The Bertz CT molecular complexity index is 396. The summed E-state index contributed by atoms with van der Waals surface area (Å²) < 4.78 is 36.6. The van der Waals surface area contributed by atoms with Gasteiger partial charge in [-0.1, -0.05) is 12.1 Å². The molecule has 0 saturated heterocycles. The van der Waals surface area contributed by atoms with E-state index in [0.29, 0.717) is 5.56 Å². The van der Waals surface area contributed by atoms with Gasteiger partial charge in [-0.3, -0.25) is 4.79 Å². The molecule has 0 fully saturated rings. The number of nitrogens with zero attached hydrogens (tertiary/aromatic N) is 1. The van der Waals surface area contributed by atoms with E-state index in [1.807, 2.05) is 0 Å². The van der Waals surface area contributed by atoms with Gasteiger partial charge < -0.3 is 0 Å². The van der Waals surface area contributed by atoms with E-state index in [1.54, 1.807) is 0 Å². The number of rotatable bonds is 2. The van der Waals surface area contributed by atoms with Crippen molar-refractivity contribution in [2.24, 2.45) is 5.10 Å². The number of amides is 1. The third kappa shape index (κ3) is 3.72. The third-order valence-electron chi connectivity index (χ3n) is 1.67. The predicted molar refractivity (Wildman–Crippen MR) is 52.9 cm³/mol. The number of halogens is 3. The summed E-state index contributed by atoms with van der Waals surface area (Å²) >= 11 is 0. The lowest BCUT2D eigenvalue weighted by Crippen LogP contribution is -2.12. The standard InChI is InChI=1S/C10H9F3N2O/c1-7(16)15-14-6-8-2-4-9(5-3-8)10(11,12)13/h2-6H,1H3,(H,15,16)/b14-6+. The molecule has 0 spiro atoms. The van der Waals surface area contributed by atoms with Crippen LogP contribution in [0.5, 0.6) is 0 Å². The first kappa shape index (κ1) is 12.2. The Morgan fingerprint density at radius 2 is 1.88 bits per heavy atom. The van der Waals surface area contributed by atoms with Crippen LogP contribution in [0, 0.1) is 0 Å². The average Bonchev–Trinajstić information content (AvgIpc) is 2.16. The van der Waals surface area contributed by atoms with Gasteiger partial charge >= 0.3 is 6.18 Å². The highest BCUT2D eigenvalue weighted by Gasteiger charge is 2.29. The minimum absolute atomic E-state index is 0.344. The molecule has 0 unspecified atom stereocenters. The summed E-state index contributed by atoms with van der Waals surface area (Å²) in [5.41, 5.74) is 1.90. The first-order chi connectivity index (χ1) is 7.39. The van der Waals surface area contributed by atoms with Gasteiger partial charge in [0.05, 0.1) is 11.8 Å². The average molecular weight is 230 g/mol. The van der Waals surface area contributed by atoms with E-state index < -0.39 is 11.7 Å². The van der Waals surface area contributed by atoms with Crippen LogP contribution in [0.1, 0.15) is 18.1 Å². The van der Waals surface area contributed by atoms with Gasteiger partial charge in [0.2, 0.25) is 5.91 Å². The van der Waals surface area contributed by atoms with Gasteiger partial charge in [0, 0.05) is 6.92 Å². The van der Waals surface area contributed by atoms with Gasteiger partial charge in [0.25, 0.3) is 0 Å². The van der Waals surface area contributed by atoms with Crippen molar-refractivity contribution < 1.29 is 18.0 Å². The van der Waals surface area contributed by atoms with Crippen LogP contribution in [0.3, 0.4) is 0 Å². The lowest BCUT2D eigenvalue weighted by molar-refractivity contribution is -0.137. The molecule has 1 N–H and O–H groups in total. The summed E-state index contributed by atoms with van der Waals surface area (Å²) in [6.07, 6.45) is -3.07. The normalized spacial score (nSPS) is 11.8. The minimum atomic E-state index is -4.34. The maximum atomic E-state index is 12.2. The maximum absolute atomic E-state index is 12.2. The predicted octanol–water partition coefficient (Wildman–Crippen LogP) is 2.18. The number of benzene rings is 1. The second kappa shape index (κ2) is 4.78. The van der Waals surface area contributed by atoms with Gasteiger partial charge in [-0.2, -0.15) is 18.3 Å². The number of carbonyl (C=O) groups excluding carboxylic acids is 1. The molecule has 0 aromatic heterocycles. The second-order valence-corrected chi connectivity index (χ2v) is 3.05. The SMILES string of the molecule is CC(=O)N/N=C/c1ccc(C(F)(F)F)cc1. The number of hydrogen-bond acceptors (Lipinski definition) is 2. The Kier molecular flexibility index (Phi) is 3.65. The molecule has 0 atom stereocenters. The molecule has 3 nitrogen and oxygen atoms in total. The zero-order chi connectivity index (χ0) is 12.2. The van der Waals surface area contributed by atoms with E-state index in [9.17, 15) is 18.0 Å². The van der Waals surface area contributed by atoms with Gasteiger partial charge in [-0.15, -0.1) is 0 Å². The molecule has 1 amide bonds. The highest BCUT2D eigenvalue weighted by molar-refractivity contribution is 5.81. The number of hydrazone groups is 1. The number of nitrogens with one attached hydrogen (secondary N) is 1. The monoisotopic (exact) mass is 230 g/mol. The summed E-state index contributed by atoms with van der Waals surface area (Å²) in [4.78, 5) is 10.4. The molecule has 1 rings (SSSR count). The van der Waals surface area contributed by atoms with E-state index in [-0.39, 0.29) is 5.91 Å². The molecule has 0 heterocycles. The first-order valence-corrected chi connectivity index (χ1v) is 4.36. The molecule has 16 heavy (non-hydrogen) atoms. The zero-order valence-electron chi connectivity index (χ0n) is 8.38. The largest absolute Gasteiger partial charge is 0.416 e. The minimum Gasteiger partial charge on any atom is -0.274 e. The van der Waals surface area contributed by atoms with E-state index in [1.165, 1.54) is 25.3 Å². The molecule has 1 aromatic carbocycles.